The van der Waals surface area contributed by atoms with E-state index in [1.54, 1.807) is 19.1 Å². The number of methoxy groups -OCH3 is 1. The Hall–Kier alpha value is -2.73. The number of benzene rings is 1. The second-order valence-corrected chi connectivity index (χ2v) is 5.40. The van der Waals surface area contributed by atoms with Crippen molar-refractivity contribution in [2.45, 2.75) is 25.3 Å². The minimum Gasteiger partial charge on any atom is -0.493 e. The van der Waals surface area contributed by atoms with Crippen LogP contribution in [-0.2, 0) is 4.79 Å². The Morgan fingerprint density at radius 1 is 1.41 bits per heavy atom. The Kier molecular flexibility index (Phi) is 4.53. The molecule has 114 valence electrons. The summed E-state index contributed by atoms with van der Waals surface area (Å²) < 4.78 is 10.6. The van der Waals surface area contributed by atoms with Gasteiger partial charge >= 0.3 is 0 Å². The van der Waals surface area contributed by atoms with Crippen LogP contribution in [0, 0.1) is 28.6 Å². The highest BCUT2D eigenvalue weighted by Gasteiger charge is 2.43. The molecule has 0 unspecified atom stereocenters. The van der Waals surface area contributed by atoms with Crippen molar-refractivity contribution >= 4 is 5.91 Å². The maximum absolute atomic E-state index is 12.0. The number of carbonyl (C=O) groups excluding carboxylic acids is 1. The first-order valence-electron chi connectivity index (χ1n) is 6.95. The summed E-state index contributed by atoms with van der Waals surface area (Å²) in [5, 5.41) is 20.8. The Morgan fingerprint density at radius 2 is 2.14 bits per heavy atom. The standard InChI is InChI=1S/C16H17N3O3/c1-16(10-18,12-4-5-12)19-15(20)9-22-13-6-3-11(8-17)7-14(13)21-2/h3,6-7,12H,4-5,9H2,1-2H3,(H,19,20)/t16-/m0/s1. The van der Waals surface area contributed by atoms with Crippen molar-refractivity contribution in [1.29, 1.82) is 10.5 Å². The number of rotatable bonds is 6. The van der Waals surface area contributed by atoms with Crippen LogP contribution in [0.1, 0.15) is 25.3 Å². The van der Waals surface area contributed by atoms with Crippen molar-refractivity contribution in [3.63, 3.8) is 0 Å². The summed E-state index contributed by atoms with van der Waals surface area (Å²) in [6, 6.07) is 8.86. The van der Waals surface area contributed by atoms with E-state index in [0.29, 0.717) is 17.1 Å². The highest BCUT2D eigenvalue weighted by molar-refractivity contribution is 5.79. The maximum atomic E-state index is 12.0. The largest absolute Gasteiger partial charge is 0.493 e. The van der Waals surface area contributed by atoms with E-state index < -0.39 is 5.54 Å². The molecule has 1 aliphatic rings. The summed E-state index contributed by atoms with van der Waals surface area (Å²) in [6.45, 7) is 1.51. The fourth-order valence-corrected chi connectivity index (χ4v) is 2.21. The summed E-state index contributed by atoms with van der Waals surface area (Å²) in [4.78, 5) is 12.0. The molecule has 1 atom stereocenters. The quantitative estimate of drug-likeness (QED) is 0.863. The third-order valence-corrected chi connectivity index (χ3v) is 3.68. The third-order valence-electron chi connectivity index (χ3n) is 3.68. The SMILES string of the molecule is COc1cc(C#N)ccc1OCC(=O)N[C@@](C)(C#N)C1CC1. The van der Waals surface area contributed by atoms with Gasteiger partial charge in [0.05, 0.1) is 24.8 Å². The van der Waals surface area contributed by atoms with E-state index >= 15 is 0 Å². The van der Waals surface area contributed by atoms with Gasteiger partial charge in [0.15, 0.2) is 18.1 Å². The fourth-order valence-electron chi connectivity index (χ4n) is 2.21. The number of ether oxygens (including phenoxy) is 2. The predicted octanol–water partition coefficient (Wildman–Crippen LogP) is 1.75. The molecule has 0 heterocycles. The van der Waals surface area contributed by atoms with Crippen molar-refractivity contribution in [3.05, 3.63) is 23.8 Å². The number of nitrogens with one attached hydrogen (secondary N) is 1. The van der Waals surface area contributed by atoms with Gasteiger partial charge in [-0.05, 0) is 37.8 Å². The van der Waals surface area contributed by atoms with Crippen LogP contribution in [0.25, 0.3) is 0 Å². The van der Waals surface area contributed by atoms with Crippen LogP contribution in [-0.4, -0.2) is 25.2 Å². The molecule has 1 N–H and O–H groups in total. The van der Waals surface area contributed by atoms with Crippen LogP contribution in [0.3, 0.4) is 0 Å². The lowest BCUT2D eigenvalue weighted by atomic mass is 9.98. The molecule has 1 fully saturated rings. The van der Waals surface area contributed by atoms with Gasteiger partial charge in [-0.15, -0.1) is 0 Å². The van der Waals surface area contributed by atoms with Crippen LogP contribution in [0.15, 0.2) is 18.2 Å². The smallest absolute Gasteiger partial charge is 0.259 e. The number of hydrogen-bond donors (Lipinski definition) is 1. The highest BCUT2D eigenvalue weighted by Crippen LogP contribution is 2.39. The summed E-state index contributed by atoms with van der Waals surface area (Å²) in [7, 11) is 1.46. The molecule has 1 amide bonds. The van der Waals surface area contributed by atoms with E-state index in [1.165, 1.54) is 13.2 Å². The van der Waals surface area contributed by atoms with Crippen molar-refractivity contribution in [1.82, 2.24) is 5.32 Å². The Morgan fingerprint density at radius 3 is 2.68 bits per heavy atom. The average Bonchev–Trinajstić information content (AvgIpc) is 3.37. The van der Waals surface area contributed by atoms with E-state index in [-0.39, 0.29) is 18.4 Å². The number of nitrogens with zero attached hydrogens (tertiary/aromatic N) is 2. The van der Waals surface area contributed by atoms with Gasteiger partial charge in [0.2, 0.25) is 0 Å². The Balaban J connectivity index is 1.97. The van der Waals surface area contributed by atoms with Crippen LogP contribution < -0.4 is 14.8 Å². The lowest BCUT2D eigenvalue weighted by molar-refractivity contribution is -0.124. The predicted molar refractivity (Wildman–Crippen MR) is 78.1 cm³/mol. The molecule has 0 radical (unpaired) electrons. The molecule has 0 spiro atoms. The van der Waals surface area contributed by atoms with E-state index in [2.05, 4.69) is 11.4 Å². The molecular formula is C16H17N3O3. The molecule has 1 aromatic carbocycles. The minimum absolute atomic E-state index is 0.214. The molecule has 1 aliphatic carbocycles. The van der Waals surface area contributed by atoms with Gasteiger partial charge < -0.3 is 14.8 Å². The number of carbonyl (C=O) groups is 1. The first kappa shape index (κ1) is 15.7. The number of amides is 1. The van der Waals surface area contributed by atoms with Gasteiger partial charge in [-0.1, -0.05) is 0 Å². The molecule has 2 rings (SSSR count). The normalized spacial score (nSPS) is 15.8. The molecule has 6 heteroatoms. The van der Waals surface area contributed by atoms with Gasteiger partial charge in [0.1, 0.15) is 5.54 Å². The van der Waals surface area contributed by atoms with E-state index in [9.17, 15) is 10.1 Å². The third kappa shape index (κ3) is 3.48. The summed E-state index contributed by atoms with van der Waals surface area (Å²) in [5.41, 5.74) is -0.394. The summed E-state index contributed by atoms with van der Waals surface area (Å²) in [5.74, 6) is 0.618. The monoisotopic (exact) mass is 299 g/mol. The van der Waals surface area contributed by atoms with Crippen molar-refractivity contribution < 1.29 is 14.3 Å². The van der Waals surface area contributed by atoms with Gasteiger partial charge in [-0.25, -0.2) is 0 Å². The molecule has 1 saturated carbocycles. The van der Waals surface area contributed by atoms with E-state index in [4.69, 9.17) is 14.7 Å². The highest BCUT2D eigenvalue weighted by atomic mass is 16.5. The van der Waals surface area contributed by atoms with Crippen molar-refractivity contribution in [2.75, 3.05) is 13.7 Å². The van der Waals surface area contributed by atoms with Gasteiger partial charge in [-0.3, -0.25) is 4.79 Å². The number of nitriles is 2. The van der Waals surface area contributed by atoms with E-state index in [0.717, 1.165) is 12.8 Å². The second kappa shape index (κ2) is 6.36. The lowest BCUT2D eigenvalue weighted by Gasteiger charge is -2.22. The fraction of sp³-hybridized carbons (Fsp3) is 0.438. The number of hydrogen-bond acceptors (Lipinski definition) is 5. The molecule has 0 bridgehead atoms. The molecule has 22 heavy (non-hydrogen) atoms. The van der Waals surface area contributed by atoms with Crippen LogP contribution in [0.2, 0.25) is 0 Å². The average molecular weight is 299 g/mol. The van der Waals surface area contributed by atoms with Crippen LogP contribution in [0.5, 0.6) is 11.5 Å². The van der Waals surface area contributed by atoms with Gasteiger partial charge in [0.25, 0.3) is 5.91 Å². The topological polar surface area (TPSA) is 95.1 Å². The first-order valence-corrected chi connectivity index (χ1v) is 6.95. The van der Waals surface area contributed by atoms with Gasteiger partial charge in [0, 0.05) is 6.07 Å². The van der Waals surface area contributed by atoms with Crippen LogP contribution >= 0.6 is 0 Å². The lowest BCUT2D eigenvalue weighted by Crippen LogP contribution is -2.48. The Labute approximate surface area is 129 Å². The second-order valence-electron chi connectivity index (χ2n) is 5.40. The molecule has 0 aliphatic heterocycles. The molecular weight excluding hydrogens is 282 g/mol. The van der Waals surface area contributed by atoms with E-state index in [1.807, 2.05) is 6.07 Å². The first-order chi connectivity index (χ1) is 10.5. The van der Waals surface area contributed by atoms with Crippen molar-refractivity contribution in [3.8, 4) is 23.6 Å². The minimum atomic E-state index is -0.838. The van der Waals surface area contributed by atoms with Gasteiger partial charge in [-0.2, -0.15) is 10.5 Å². The zero-order valence-electron chi connectivity index (χ0n) is 12.5. The molecule has 1 aromatic rings. The summed E-state index contributed by atoms with van der Waals surface area (Å²) in [6.07, 6.45) is 1.91. The zero-order valence-corrected chi connectivity index (χ0v) is 12.5. The van der Waals surface area contributed by atoms with Crippen molar-refractivity contribution in [2.24, 2.45) is 5.92 Å². The maximum Gasteiger partial charge on any atom is 0.259 e. The molecule has 6 nitrogen and oxygen atoms in total. The Bertz CT molecular complexity index is 656. The summed E-state index contributed by atoms with van der Waals surface area (Å²) >= 11 is 0. The zero-order chi connectivity index (χ0) is 16.2. The molecule has 0 aromatic heterocycles. The van der Waals surface area contributed by atoms with Crippen LogP contribution in [0.4, 0.5) is 0 Å². The molecule has 0 saturated heterocycles.